The van der Waals surface area contributed by atoms with Crippen molar-refractivity contribution in [3.05, 3.63) is 66.1 Å². The maximum absolute atomic E-state index is 12.3. The second-order valence-corrected chi connectivity index (χ2v) is 6.58. The first-order chi connectivity index (χ1) is 13.6. The van der Waals surface area contributed by atoms with Crippen molar-refractivity contribution >= 4 is 40.8 Å². The molecule has 0 atom stereocenters. The number of rotatable bonds is 7. The van der Waals surface area contributed by atoms with Crippen molar-refractivity contribution in [2.45, 2.75) is 4.90 Å². The highest BCUT2D eigenvalue weighted by atomic mass is 32.2. The zero-order valence-corrected chi connectivity index (χ0v) is 15.9. The van der Waals surface area contributed by atoms with Crippen molar-refractivity contribution in [3.63, 3.8) is 0 Å². The second kappa shape index (κ2) is 9.09. The van der Waals surface area contributed by atoms with Gasteiger partial charge in [0.15, 0.2) is 18.8 Å². The Morgan fingerprint density at radius 1 is 1.11 bits per heavy atom. The number of para-hydroxylation sites is 2. The topological polar surface area (TPSA) is 93.7 Å². The lowest BCUT2D eigenvalue weighted by atomic mass is 10.2. The van der Waals surface area contributed by atoms with Crippen molar-refractivity contribution < 1.29 is 23.9 Å². The van der Waals surface area contributed by atoms with E-state index >= 15 is 0 Å². The zero-order chi connectivity index (χ0) is 19.9. The molecule has 0 fully saturated rings. The van der Waals surface area contributed by atoms with Gasteiger partial charge in [-0.3, -0.25) is 9.59 Å². The fourth-order valence-corrected chi connectivity index (χ4v) is 3.06. The summed E-state index contributed by atoms with van der Waals surface area (Å²) in [5.41, 5.74) is 1.05. The Morgan fingerprint density at radius 3 is 2.57 bits per heavy atom. The van der Waals surface area contributed by atoms with Crippen LogP contribution in [-0.4, -0.2) is 37.1 Å². The number of hydrogen-bond donors (Lipinski definition) is 2. The lowest BCUT2D eigenvalue weighted by molar-refractivity contribution is -0.144. The number of amides is 1. The molecule has 28 heavy (non-hydrogen) atoms. The van der Waals surface area contributed by atoms with Crippen LogP contribution in [0.25, 0.3) is 0 Å². The third-order valence-corrected chi connectivity index (χ3v) is 4.60. The van der Waals surface area contributed by atoms with E-state index in [0.717, 1.165) is 4.90 Å². The van der Waals surface area contributed by atoms with Crippen LogP contribution >= 0.6 is 11.8 Å². The minimum Gasteiger partial charge on any atom is -0.470 e. The number of thioether (sulfide) groups is 1. The molecule has 1 aliphatic heterocycles. The van der Waals surface area contributed by atoms with Crippen LogP contribution < -0.4 is 10.6 Å². The number of anilines is 2. The van der Waals surface area contributed by atoms with Crippen LogP contribution in [0, 0.1) is 0 Å². The molecule has 0 spiro atoms. The average molecular weight is 398 g/mol. The van der Waals surface area contributed by atoms with E-state index < -0.39 is 24.3 Å². The predicted octanol–water partition coefficient (Wildman–Crippen LogP) is 2.81. The summed E-state index contributed by atoms with van der Waals surface area (Å²) in [4.78, 5) is 37.3. The standard InChI is InChI=1S/C20H18N2O5S/c1-28-16-10-6-5-9-14(16)22-17(24)12-27-20(25)18-15(23)11-26-19(18)21-13-7-3-2-4-8-13/h2-10,21H,11-12H2,1H3,(H,22,24). The Labute approximate surface area is 166 Å². The molecule has 0 aromatic heterocycles. The van der Waals surface area contributed by atoms with Crippen LogP contribution in [0.1, 0.15) is 0 Å². The summed E-state index contributed by atoms with van der Waals surface area (Å²) in [6, 6.07) is 16.2. The summed E-state index contributed by atoms with van der Waals surface area (Å²) < 4.78 is 10.3. The van der Waals surface area contributed by atoms with Gasteiger partial charge < -0.3 is 20.1 Å². The summed E-state index contributed by atoms with van der Waals surface area (Å²) in [5.74, 6) is -1.89. The van der Waals surface area contributed by atoms with Gasteiger partial charge in [0.25, 0.3) is 5.91 Å². The molecule has 0 bridgehead atoms. The van der Waals surface area contributed by atoms with Crippen molar-refractivity contribution in [2.24, 2.45) is 0 Å². The van der Waals surface area contributed by atoms with Gasteiger partial charge in [-0.1, -0.05) is 30.3 Å². The van der Waals surface area contributed by atoms with Crippen molar-refractivity contribution in [1.29, 1.82) is 0 Å². The SMILES string of the molecule is CSc1ccccc1NC(=O)COC(=O)C1=C(Nc2ccccc2)OCC1=O. The van der Waals surface area contributed by atoms with E-state index in [0.29, 0.717) is 11.4 Å². The lowest BCUT2D eigenvalue weighted by Gasteiger charge is -2.10. The summed E-state index contributed by atoms with van der Waals surface area (Å²) in [5, 5.41) is 5.56. The first kappa shape index (κ1) is 19.5. The van der Waals surface area contributed by atoms with Crippen LogP contribution in [0.3, 0.4) is 0 Å². The molecule has 2 aromatic rings. The van der Waals surface area contributed by atoms with E-state index in [1.165, 1.54) is 11.8 Å². The van der Waals surface area contributed by atoms with Gasteiger partial charge in [-0.25, -0.2) is 4.79 Å². The second-order valence-electron chi connectivity index (χ2n) is 5.73. The first-order valence-corrected chi connectivity index (χ1v) is 9.63. The van der Waals surface area contributed by atoms with E-state index in [2.05, 4.69) is 10.6 Å². The van der Waals surface area contributed by atoms with E-state index in [4.69, 9.17) is 9.47 Å². The van der Waals surface area contributed by atoms with Gasteiger partial charge in [0.1, 0.15) is 0 Å². The molecular formula is C20H18N2O5S. The van der Waals surface area contributed by atoms with Crippen molar-refractivity contribution in [1.82, 2.24) is 0 Å². The summed E-state index contributed by atoms with van der Waals surface area (Å²) in [6.07, 6.45) is 1.89. The molecule has 8 heteroatoms. The number of ketones is 1. The number of nitrogens with one attached hydrogen (secondary N) is 2. The average Bonchev–Trinajstić information content (AvgIpc) is 3.07. The van der Waals surface area contributed by atoms with E-state index in [9.17, 15) is 14.4 Å². The first-order valence-electron chi connectivity index (χ1n) is 8.41. The Kier molecular flexibility index (Phi) is 6.33. The maximum Gasteiger partial charge on any atom is 0.347 e. The number of carbonyl (C=O) groups excluding carboxylic acids is 3. The highest BCUT2D eigenvalue weighted by Crippen LogP contribution is 2.24. The molecular weight excluding hydrogens is 380 g/mol. The van der Waals surface area contributed by atoms with Gasteiger partial charge in [0.05, 0.1) is 5.69 Å². The molecule has 2 aromatic carbocycles. The van der Waals surface area contributed by atoms with E-state index in [1.807, 2.05) is 24.5 Å². The quantitative estimate of drug-likeness (QED) is 0.421. The van der Waals surface area contributed by atoms with Gasteiger partial charge in [-0.2, -0.15) is 0 Å². The number of benzene rings is 2. The maximum atomic E-state index is 12.3. The summed E-state index contributed by atoms with van der Waals surface area (Å²) >= 11 is 1.48. The Morgan fingerprint density at radius 2 is 1.82 bits per heavy atom. The molecule has 0 unspecified atom stereocenters. The van der Waals surface area contributed by atoms with Crippen LogP contribution in [0.5, 0.6) is 0 Å². The third kappa shape index (κ3) is 4.72. The largest absolute Gasteiger partial charge is 0.470 e. The smallest absolute Gasteiger partial charge is 0.347 e. The van der Waals surface area contributed by atoms with Gasteiger partial charge in [0, 0.05) is 10.6 Å². The van der Waals surface area contributed by atoms with Crippen LogP contribution in [0.2, 0.25) is 0 Å². The Balaban J connectivity index is 1.63. The molecule has 1 amide bonds. The number of ether oxygens (including phenoxy) is 2. The molecule has 1 aliphatic rings. The Bertz CT molecular complexity index is 927. The number of esters is 1. The van der Waals surface area contributed by atoms with E-state index in [-0.39, 0.29) is 18.1 Å². The highest BCUT2D eigenvalue weighted by molar-refractivity contribution is 7.98. The van der Waals surface area contributed by atoms with Gasteiger partial charge >= 0.3 is 5.97 Å². The van der Waals surface area contributed by atoms with Gasteiger partial charge in [-0.15, -0.1) is 11.8 Å². The van der Waals surface area contributed by atoms with Gasteiger partial charge in [0.2, 0.25) is 11.7 Å². The van der Waals surface area contributed by atoms with Crippen molar-refractivity contribution in [2.75, 3.05) is 30.1 Å². The zero-order valence-electron chi connectivity index (χ0n) is 15.1. The molecule has 144 valence electrons. The third-order valence-electron chi connectivity index (χ3n) is 3.80. The molecule has 3 rings (SSSR count). The van der Waals surface area contributed by atoms with Gasteiger partial charge in [-0.05, 0) is 30.5 Å². The Hall–Kier alpha value is -3.26. The number of carbonyl (C=O) groups is 3. The molecule has 0 radical (unpaired) electrons. The number of hydrogen-bond acceptors (Lipinski definition) is 7. The van der Waals surface area contributed by atoms with Crippen LogP contribution in [-0.2, 0) is 23.9 Å². The molecule has 2 N–H and O–H groups in total. The highest BCUT2D eigenvalue weighted by Gasteiger charge is 2.32. The normalized spacial score (nSPS) is 13.1. The van der Waals surface area contributed by atoms with E-state index in [1.54, 1.807) is 36.4 Å². The molecule has 0 aliphatic carbocycles. The molecule has 0 saturated carbocycles. The number of Topliss-reactive ketones (excluding diaryl/α,β-unsaturated/α-hetero) is 1. The molecule has 1 heterocycles. The summed E-state index contributed by atoms with van der Waals surface area (Å²) in [6.45, 7) is -0.774. The molecule has 0 saturated heterocycles. The minimum absolute atomic E-state index is 0.0225. The fraction of sp³-hybridized carbons (Fsp3) is 0.150. The van der Waals surface area contributed by atoms with Crippen LogP contribution in [0.4, 0.5) is 11.4 Å². The molecule has 7 nitrogen and oxygen atoms in total. The van der Waals surface area contributed by atoms with Crippen LogP contribution in [0.15, 0.2) is 70.9 Å². The monoisotopic (exact) mass is 398 g/mol. The summed E-state index contributed by atoms with van der Waals surface area (Å²) in [7, 11) is 0. The minimum atomic E-state index is -0.908. The predicted molar refractivity (Wildman–Crippen MR) is 106 cm³/mol. The fourth-order valence-electron chi connectivity index (χ4n) is 2.50. The van der Waals surface area contributed by atoms with Crippen molar-refractivity contribution in [3.8, 4) is 0 Å². The lowest BCUT2D eigenvalue weighted by Crippen LogP contribution is -2.24.